The summed E-state index contributed by atoms with van der Waals surface area (Å²) in [5.41, 5.74) is 0. The summed E-state index contributed by atoms with van der Waals surface area (Å²) < 4.78 is 0. The molecule has 0 fully saturated rings. The molecule has 12 heavy (non-hydrogen) atoms. The smallest absolute Gasteiger partial charge is 0.0404 e. The predicted octanol–water partition coefficient (Wildman–Crippen LogP) is 1.32. The largest absolute Gasteiger partial charge is 0.312 e. The first kappa shape index (κ1) is 11.9. The molecule has 0 aliphatic rings. The van der Waals surface area contributed by atoms with Gasteiger partial charge in [0.2, 0.25) is 0 Å². The Balaban J connectivity index is 3.25. The minimum absolute atomic E-state index is 0.578. The van der Waals surface area contributed by atoms with E-state index in [1.807, 2.05) is 6.08 Å². The highest BCUT2D eigenvalue weighted by atomic mass is 35.5. The number of alkyl halides is 1. The second-order valence-electron chi connectivity index (χ2n) is 3.10. The van der Waals surface area contributed by atoms with E-state index in [1.54, 1.807) is 0 Å². The molecule has 1 N–H and O–H groups in total. The van der Waals surface area contributed by atoms with Crippen LogP contribution in [0.1, 0.15) is 6.92 Å². The maximum absolute atomic E-state index is 5.47. The van der Waals surface area contributed by atoms with Gasteiger partial charge in [-0.15, -0.1) is 11.6 Å². The van der Waals surface area contributed by atoms with Crippen LogP contribution in [0.25, 0.3) is 0 Å². The van der Waals surface area contributed by atoms with Gasteiger partial charge < -0.3 is 10.2 Å². The third-order valence-corrected chi connectivity index (χ3v) is 2.02. The molecule has 0 amide bonds. The Morgan fingerprint density at radius 1 is 1.42 bits per heavy atom. The van der Waals surface area contributed by atoms with E-state index in [-0.39, 0.29) is 0 Å². The second-order valence-corrected chi connectivity index (χ2v) is 3.41. The van der Waals surface area contributed by atoms with Crippen molar-refractivity contribution in [1.82, 2.24) is 10.2 Å². The lowest BCUT2D eigenvalue weighted by Gasteiger charge is -2.19. The Morgan fingerprint density at radius 2 is 2.08 bits per heavy atom. The molecule has 0 aliphatic heterocycles. The van der Waals surface area contributed by atoms with Crippen molar-refractivity contribution in [3.8, 4) is 0 Å². The Hall–Kier alpha value is -0.0500. The molecule has 3 heteroatoms. The second kappa shape index (κ2) is 7.59. The molecular formula is C9H19ClN2. The average Bonchev–Trinajstić information content (AvgIpc) is 2.03. The van der Waals surface area contributed by atoms with E-state index in [9.17, 15) is 0 Å². The topological polar surface area (TPSA) is 15.3 Å². The Bertz CT molecular complexity index is 124. The zero-order valence-electron chi connectivity index (χ0n) is 8.18. The molecule has 1 unspecified atom stereocenters. The van der Waals surface area contributed by atoms with E-state index in [2.05, 4.69) is 37.3 Å². The van der Waals surface area contributed by atoms with E-state index in [1.165, 1.54) is 0 Å². The number of hydrogen-bond acceptors (Lipinski definition) is 2. The van der Waals surface area contributed by atoms with Crippen LogP contribution in [0, 0.1) is 0 Å². The normalized spacial score (nSPS) is 14.4. The average molecular weight is 191 g/mol. The van der Waals surface area contributed by atoms with Crippen molar-refractivity contribution in [1.29, 1.82) is 0 Å². The predicted molar refractivity (Wildman–Crippen MR) is 55.9 cm³/mol. The summed E-state index contributed by atoms with van der Waals surface area (Å²) in [7, 11) is 4.17. The highest BCUT2D eigenvalue weighted by Gasteiger charge is 2.01. The molecule has 0 spiro atoms. The van der Waals surface area contributed by atoms with Gasteiger partial charge in [-0.2, -0.15) is 0 Å². The highest BCUT2D eigenvalue weighted by Crippen LogP contribution is 1.87. The number of rotatable bonds is 6. The van der Waals surface area contributed by atoms with Crippen molar-refractivity contribution in [2.75, 3.05) is 33.1 Å². The van der Waals surface area contributed by atoms with E-state index < -0.39 is 0 Å². The molecule has 0 aromatic rings. The quantitative estimate of drug-likeness (QED) is 0.386. The van der Waals surface area contributed by atoms with Gasteiger partial charge in [0, 0.05) is 25.0 Å². The van der Waals surface area contributed by atoms with Crippen LogP contribution in [-0.2, 0) is 0 Å². The molecule has 0 rings (SSSR count). The maximum Gasteiger partial charge on any atom is 0.0404 e. The van der Waals surface area contributed by atoms with Gasteiger partial charge in [0.15, 0.2) is 0 Å². The van der Waals surface area contributed by atoms with Gasteiger partial charge in [-0.1, -0.05) is 12.2 Å². The summed E-state index contributed by atoms with van der Waals surface area (Å²) in [6.07, 6.45) is 4.00. The summed E-state index contributed by atoms with van der Waals surface area (Å²) in [6.45, 7) is 4.11. The molecule has 0 saturated carbocycles. The molecule has 0 aliphatic carbocycles. The number of nitrogens with one attached hydrogen (secondary N) is 1. The van der Waals surface area contributed by atoms with Crippen molar-refractivity contribution in [2.45, 2.75) is 13.0 Å². The van der Waals surface area contributed by atoms with Gasteiger partial charge in [0.25, 0.3) is 0 Å². The van der Waals surface area contributed by atoms with Crippen LogP contribution < -0.4 is 5.32 Å². The van der Waals surface area contributed by atoms with Crippen molar-refractivity contribution in [3.63, 3.8) is 0 Å². The van der Waals surface area contributed by atoms with Gasteiger partial charge in [-0.25, -0.2) is 0 Å². The molecule has 1 atom stereocenters. The number of hydrogen-bond donors (Lipinski definition) is 1. The number of nitrogens with zero attached hydrogens (tertiary/aromatic N) is 1. The fourth-order valence-electron chi connectivity index (χ4n) is 0.704. The Morgan fingerprint density at radius 3 is 2.58 bits per heavy atom. The molecule has 0 bridgehead atoms. The number of halogens is 1. The molecule has 72 valence electrons. The fraction of sp³-hybridized carbons (Fsp3) is 0.778. The van der Waals surface area contributed by atoms with Crippen LogP contribution in [0.15, 0.2) is 12.2 Å². The minimum atomic E-state index is 0.578. The van der Waals surface area contributed by atoms with Gasteiger partial charge in [-0.3, -0.25) is 0 Å². The summed E-state index contributed by atoms with van der Waals surface area (Å²) in [5.74, 6) is 0.602. The molecule has 0 aromatic carbocycles. The zero-order valence-corrected chi connectivity index (χ0v) is 8.93. The lowest BCUT2D eigenvalue weighted by atomic mass is 10.3. The van der Waals surface area contributed by atoms with Crippen molar-refractivity contribution < 1.29 is 0 Å². The van der Waals surface area contributed by atoms with E-state index in [0.717, 1.165) is 13.1 Å². The van der Waals surface area contributed by atoms with Crippen LogP contribution >= 0.6 is 11.6 Å². The van der Waals surface area contributed by atoms with Crippen LogP contribution in [0.2, 0.25) is 0 Å². The minimum Gasteiger partial charge on any atom is -0.312 e. The zero-order chi connectivity index (χ0) is 9.40. The van der Waals surface area contributed by atoms with Gasteiger partial charge in [-0.05, 0) is 21.0 Å². The monoisotopic (exact) mass is 190 g/mol. The third-order valence-electron chi connectivity index (χ3n) is 1.84. The molecule has 0 heterocycles. The summed E-state index contributed by atoms with van der Waals surface area (Å²) in [4.78, 5) is 2.19. The van der Waals surface area contributed by atoms with Crippen LogP contribution in [0.4, 0.5) is 0 Å². The summed E-state index contributed by atoms with van der Waals surface area (Å²) in [5, 5.41) is 3.31. The summed E-state index contributed by atoms with van der Waals surface area (Å²) >= 11 is 5.47. The molecule has 0 radical (unpaired) electrons. The van der Waals surface area contributed by atoms with Crippen molar-refractivity contribution >= 4 is 11.6 Å². The van der Waals surface area contributed by atoms with E-state index in [0.29, 0.717) is 11.9 Å². The third kappa shape index (κ3) is 6.65. The van der Waals surface area contributed by atoms with Crippen molar-refractivity contribution in [3.05, 3.63) is 12.2 Å². The SMILES string of the molecule is CC(CNC/C=C/CCl)N(C)C. The summed E-state index contributed by atoms with van der Waals surface area (Å²) in [6, 6.07) is 0.578. The molecule has 0 saturated heterocycles. The van der Waals surface area contributed by atoms with Crippen molar-refractivity contribution in [2.24, 2.45) is 0 Å². The fourth-order valence-corrected chi connectivity index (χ4v) is 0.830. The van der Waals surface area contributed by atoms with Crippen LogP contribution in [-0.4, -0.2) is 44.0 Å². The van der Waals surface area contributed by atoms with Gasteiger partial charge in [0.1, 0.15) is 0 Å². The Kier molecular flexibility index (Phi) is 7.56. The van der Waals surface area contributed by atoms with Crippen LogP contribution in [0.3, 0.4) is 0 Å². The lowest BCUT2D eigenvalue weighted by molar-refractivity contribution is 0.306. The van der Waals surface area contributed by atoms with E-state index in [4.69, 9.17) is 11.6 Å². The first-order chi connectivity index (χ1) is 5.68. The standard InChI is InChI=1S/C9H19ClN2/c1-9(12(2)3)8-11-7-5-4-6-10/h4-5,9,11H,6-8H2,1-3H3/b5-4+. The van der Waals surface area contributed by atoms with E-state index >= 15 is 0 Å². The molecular weight excluding hydrogens is 172 g/mol. The van der Waals surface area contributed by atoms with Gasteiger partial charge >= 0.3 is 0 Å². The van der Waals surface area contributed by atoms with Crippen LogP contribution in [0.5, 0.6) is 0 Å². The maximum atomic E-state index is 5.47. The number of likely N-dealkylation sites (N-methyl/N-ethyl adjacent to an activating group) is 1. The van der Waals surface area contributed by atoms with Gasteiger partial charge in [0.05, 0.1) is 0 Å². The Labute approximate surface area is 80.6 Å². The first-order valence-electron chi connectivity index (χ1n) is 4.26. The number of allylic oxidation sites excluding steroid dienone is 1. The molecule has 0 aromatic heterocycles. The highest BCUT2D eigenvalue weighted by molar-refractivity contribution is 6.18. The molecule has 2 nitrogen and oxygen atoms in total. The first-order valence-corrected chi connectivity index (χ1v) is 4.80. The lowest BCUT2D eigenvalue weighted by Crippen LogP contribution is -2.35.